The molecule has 6 heteroatoms. The summed E-state index contributed by atoms with van der Waals surface area (Å²) in [5.41, 5.74) is 20.7. The van der Waals surface area contributed by atoms with Gasteiger partial charge in [-0.15, -0.1) is 0 Å². The van der Waals surface area contributed by atoms with Gasteiger partial charge in [0.2, 0.25) is 0 Å². The summed E-state index contributed by atoms with van der Waals surface area (Å²) in [5, 5.41) is 0. The fraction of sp³-hybridized carbons (Fsp3) is 1.00. The van der Waals surface area contributed by atoms with Gasteiger partial charge in [-0.2, -0.15) is 0 Å². The molecule has 0 heterocycles. The molecule has 0 aromatic heterocycles. The lowest BCUT2D eigenvalue weighted by atomic mass is 9.55. The summed E-state index contributed by atoms with van der Waals surface area (Å²) < 4.78 is 15.3. The summed E-state index contributed by atoms with van der Waals surface area (Å²) >= 11 is 0. The normalized spacial score (nSPS) is 46.6. The Morgan fingerprint density at radius 2 is 1.20 bits per heavy atom. The number of hydrogen-bond donors (Lipinski definition) is 4. The van der Waals surface area contributed by atoms with E-state index in [1.54, 1.807) is 6.92 Å². The van der Waals surface area contributed by atoms with Gasteiger partial charge in [0.1, 0.15) is 5.67 Å². The zero-order valence-corrected chi connectivity index (χ0v) is 16.6. The van der Waals surface area contributed by atoms with Gasteiger partial charge < -0.3 is 22.9 Å². The van der Waals surface area contributed by atoms with Crippen molar-refractivity contribution in [1.82, 2.24) is 0 Å². The van der Waals surface area contributed by atoms with E-state index in [-0.39, 0.29) is 0 Å². The fourth-order valence-corrected chi connectivity index (χ4v) is 4.08. The van der Waals surface area contributed by atoms with Crippen molar-refractivity contribution in [3.63, 3.8) is 0 Å². The van der Waals surface area contributed by atoms with E-state index >= 15 is 4.39 Å². The lowest BCUT2D eigenvalue weighted by Crippen LogP contribution is -2.77. The molecule has 4 nitrogen and oxygen atoms in total. The van der Waals surface area contributed by atoms with E-state index in [2.05, 4.69) is 0 Å². The maximum Gasteiger partial charge on any atom is 0.125 e. The molecule has 0 aliphatic heterocycles. The largest absolute Gasteiger partial charge is 0.331 e. The van der Waals surface area contributed by atoms with Crippen LogP contribution in [0.3, 0.4) is 0 Å². The van der Waals surface area contributed by atoms with Crippen molar-refractivity contribution in [2.45, 2.75) is 120 Å². The molecule has 2 radical (unpaired) electrons. The molecule has 0 saturated heterocycles. The molecule has 0 bridgehead atoms. The maximum absolute atomic E-state index is 15.3. The van der Waals surface area contributed by atoms with E-state index in [1.807, 2.05) is 6.92 Å². The van der Waals surface area contributed by atoms with Crippen molar-refractivity contribution >= 4 is 7.85 Å². The predicted octanol–water partition coefficient (Wildman–Crippen LogP) is 2.60. The van der Waals surface area contributed by atoms with Crippen molar-refractivity contribution in [2.75, 3.05) is 0 Å². The first-order valence-corrected chi connectivity index (χ1v) is 9.92. The predicted molar refractivity (Wildman–Crippen MR) is 106 cm³/mol. The molecule has 1 aliphatic carbocycles. The molecular weight excluding hydrogens is 314 g/mol. The Morgan fingerprint density at radius 1 is 0.800 bits per heavy atom. The third-order valence-corrected chi connectivity index (χ3v) is 6.16. The molecule has 1 saturated carbocycles. The molecule has 5 atom stereocenters. The Labute approximate surface area is 155 Å². The third-order valence-electron chi connectivity index (χ3n) is 6.16. The highest BCUT2D eigenvalue weighted by Gasteiger charge is 2.51. The van der Waals surface area contributed by atoms with Crippen molar-refractivity contribution in [3.05, 3.63) is 0 Å². The van der Waals surface area contributed by atoms with Gasteiger partial charge in [0, 0.05) is 11.1 Å². The van der Waals surface area contributed by atoms with Crippen LogP contribution in [0.5, 0.6) is 0 Å². The van der Waals surface area contributed by atoms with Gasteiger partial charge >= 0.3 is 0 Å². The third kappa shape index (κ3) is 6.49. The molecule has 0 spiro atoms. The van der Waals surface area contributed by atoms with Gasteiger partial charge in [0.05, 0.1) is 13.9 Å². The summed E-state index contributed by atoms with van der Waals surface area (Å²) in [6, 6.07) is -0.960. The summed E-state index contributed by atoms with van der Waals surface area (Å²) in [6.07, 6.45) is 10.3. The van der Waals surface area contributed by atoms with Crippen LogP contribution < -0.4 is 22.9 Å². The van der Waals surface area contributed by atoms with Crippen LogP contribution in [0, 0.1) is 0 Å². The van der Waals surface area contributed by atoms with E-state index in [9.17, 15) is 0 Å². The van der Waals surface area contributed by atoms with Crippen LogP contribution in [0.4, 0.5) is 4.39 Å². The quantitative estimate of drug-likeness (QED) is 0.502. The van der Waals surface area contributed by atoms with E-state index in [1.165, 1.54) is 26.2 Å². The molecule has 0 amide bonds. The molecule has 1 rings (SSSR count). The average Bonchev–Trinajstić information content (AvgIpc) is 2.46. The van der Waals surface area contributed by atoms with E-state index < -0.39 is 28.2 Å². The smallest absolute Gasteiger partial charge is 0.125 e. The van der Waals surface area contributed by atoms with E-state index in [0.717, 1.165) is 38.5 Å². The zero-order valence-electron chi connectivity index (χ0n) is 16.6. The van der Waals surface area contributed by atoms with Gasteiger partial charge in [-0.25, -0.2) is 4.39 Å². The van der Waals surface area contributed by atoms with Gasteiger partial charge in [-0.05, 0) is 45.5 Å². The second kappa shape index (κ2) is 8.68. The first kappa shape index (κ1) is 22.9. The lowest BCUT2D eigenvalue weighted by Gasteiger charge is -2.51. The zero-order chi connectivity index (χ0) is 19.4. The number of alkyl halides is 1. The Kier molecular flexibility index (Phi) is 7.94. The van der Waals surface area contributed by atoms with E-state index in [4.69, 9.17) is 30.8 Å². The molecule has 4 unspecified atom stereocenters. The fourth-order valence-electron chi connectivity index (χ4n) is 4.08. The first-order valence-electron chi connectivity index (χ1n) is 9.92. The van der Waals surface area contributed by atoms with Crippen LogP contribution >= 0.6 is 0 Å². The van der Waals surface area contributed by atoms with Crippen LogP contribution in [-0.2, 0) is 0 Å². The van der Waals surface area contributed by atoms with Crippen molar-refractivity contribution in [2.24, 2.45) is 22.9 Å². The Morgan fingerprint density at radius 3 is 1.68 bits per heavy atom. The SMILES string of the molecule is [B]C1(N)C[C@](C)(N)CCCCCCCCCCC(C)(F)C(N)C1(C)N. The van der Waals surface area contributed by atoms with E-state index in [0.29, 0.717) is 12.8 Å². The topological polar surface area (TPSA) is 104 Å². The molecule has 1 aliphatic rings. The Balaban J connectivity index is 2.99. The number of nitrogens with two attached hydrogens (primary N) is 4. The van der Waals surface area contributed by atoms with Crippen LogP contribution in [0.15, 0.2) is 0 Å². The molecule has 25 heavy (non-hydrogen) atoms. The highest BCUT2D eigenvalue weighted by atomic mass is 19.1. The molecule has 146 valence electrons. The molecule has 0 aromatic carbocycles. The van der Waals surface area contributed by atoms with Crippen LogP contribution in [0.2, 0.25) is 0 Å². The molecule has 1 fully saturated rings. The van der Waals surface area contributed by atoms with Crippen molar-refractivity contribution in [1.29, 1.82) is 0 Å². The summed E-state index contributed by atoms with van der Waals surface area (Å²) in [6.45, 7) is 5.12. The minimum atomic E-state index is -1.62. The van der Waals surface area contributed by atoms with Gasteiger partial charge in [-0.3, -0.25) is 0 Å². The van der Waals surface area contributed by atoms with Crippen LogP contribution in [-0.4, -0.2) is 36.1 Å². The lowest BCUT2D eigenvalue weighted by molar-refractivity contribution is 0.0681. The molecule has 8 N–H and O–H groups in total. The minimum Gasteiger partial charge on any atom is -0.331 e. The minimum absolute atomic E-state index is 0.302. The van der Waals surface area contributed by atoms with Crippen LogP contribution in [0.25, 0.3) is 0 Å². The Bertz CT molecular complexity index is 410. The highest BCUT2D eigenvalue weighted by molar-refractivity contribution is 6.16. The second-order valence-corrected chi connectivity index (χ2v) is 9.24. The van der Waals surface area contributed by atoms with Gasteiger partial charge in [0.25, 0.3) is 0 Å². The first-order chi connectivity index (χ1) is 11.3. The monoisotopic (exact) mass is 354 g/mol. The van der Waals surface area contributed by atoms with Crippen LogP contribution in [0.1, 0.15) is 91.4 Å². The standard InChI is InChI=1S/C19H40BFN4/c1-16(23)12-10-8-6-4-5-7-9-11-13-17(2,21)15(22)18(3,24)19(20,25)14-16/h15H,4-14,22-25H2,1-3H3/t15?,16-,17?,18?,19?/m1/s1. The summed E-state index contributed by atoms with van der Waals surface area (Å²) in [7, 11) is 6.37. The van der Waals surface area contributed by atoms with Crippen molar-refractivity contribution in [3.8, 4) is 0 Å². The van der Waals surface area contributed by atoms with Gasteiger partial charge in [-0.1, -0.05) is 51.4 Å². The number of rotatable bonds is 0. The van der Waals surface area contributed by atoms with Crippen molar-refractivity contribution < 1.29 is 4.39 Å². The second-order valence-electron chi connectivity index (χ2n) is 9.24. The molecule has 0 aromatic rings. The maximum atomic E-state index is 15.3. The average molecular weight is 354 g/mol. The molecular formula is C19H40BFN4. The Hall–Kier alpha value is -0.165. The summed E-state index contributed by atoms with van der Waals surface area (Å²) in [5.74, 6) is 0. The summed E-state index contributed by atoms with van der Waals surface area (Å²) in [4.78, 5) is 0. The number of halogens is 1. The van der Waals surface area contributed by atoms with Gasteiger partial charge in [0.15, 0.2) is 0 Å². The highest BCUT2D eigenvalue weighted by Crippen LogP contribution is 2.35. The number of hydrogen-bond acceptors (Lipinski definition) is 4.